The summed E-state index contributed by atoms with van der Waals surface area (Å²) in [6.45, 7) is 0. The molecule has 2 N–H and O–H groups in total. The number of nitrogens with zero attached hydrogens (tertiary/aromatic N) is 1. The van der Waals surface area contributed by atoms with Crippen LogP contribution in [-0.2, 0) is 0 Å². The zero-order valence-corrected chi connectivity index (χ0v) is 9.52. The van der Waals surface area contributed by atoms with Crippen LogP contribution in [0.1, 0.15) is 0 Å². The Balaban J connectivity index is 2.44. The molecule has 0 fully saturated rings. The van der Waals surface area contributed by atoms with Crippen LogP contribution in [0.3, 0.4) is 0 Å². The molecule has 0 aliphatic heterocycles. The minimum Gasteiger partial charge on any atom is -0.372 e. The molecular weight excluding hydrogens is 233 g/mol. The van der Waals surface area contributed by atoms with Crippen molar-refractivity contribution in [2.24, 2.45) is 0 Å². The fraction of sp³-hybridized carbons (Fsp3) is 0.100. The van der Waals surface area contributed by atoms with E-state index in [1.165, 1.54) is 0 Å². The molecule has 1 heterocycles. The number of anilines is 1. The summed E-state index contributed by atoms with van der Waals surface area (Å²) in [7, 11) is 1.81. The summed E-state index contributed by atoms with van der Waals surface area (Å²) >= 11 is 11.9. The van der Waals surface area contributed by atoms with Crippen molar-refractivity contribution in [2.75, 3.05) is 12.4 Å². The third kappa shape index (κ3) is 2.08. The van der Waals surface area contributed by atoms with Gasteiger partial charge < -0.3 is 5.32 Å². The molecule has 2 rings (SSSR count). The van der Waals surface area contributed by atoms with Gasteiger partial charge in [0.2, 0.25) is 0 Å². The lowest BCUT2D eigenvalue weighted by atomic mass is 10.1. The number of H-pyrrole nitrogens is 1. The van der Waals surface area contributed by atoms with Gasteiger partial charge in [0.05, 0.1) is 10.7 Å². The van der Waals surface area contributed by atoms with Crippen LogP contribution in [0.15, 0.2) is 24.3 Å². The van der Waals surface area contributed by atoms with E-state index in [9.17, 15) is 0 Å². The maximum Gasteiger partial charge on any atom is 0.148 e. The van der Waals surface area contributed by atoms with Crippen LogP contribution >= 0.6 is 23.2 Å². The molecule has 0 spiro atoms. The lowest BCUT2D eigenvalue weighted by Crippen LogP contribution is -1.85. The first-order valence-electron chi connectivity index (χ1n) is 4.39. The summed E-state index contributed by atoms with van der Waals surface area (Å²) < 4.78 is 0. The summed E-state index contributed by atoms with van der Waals surface area (Å²) in [4.78, 5) is 0. The highest BCUT2D eigenvalue weighted by Gasteiger charge is 2.06. The molecule has 0 atom stereocenters. The quantitative estimate of drug-likeness (QED) is 0.846. The van der Waals surface area contributed by atoms with Gasteiger partial charge in [0, 0.05) is 23.7 Å². The Bertz CT molecular complexity index is 479. The Kier molecular flexibility index (Phi) is 2.84. The Morgan fingerprint density at radius 3 is 2.67 bits per heavy atom. The highest BCUT2D eigenvalue weighted by Crippen LogP contribution is 2.29. The standard InChI is InChI=1S/C10H9Cl2N3/c1-13-10-5-9(14-15-10)7-3-2-6(11)4-8(7)12/h2-5H,1H3,(H2,13,14,15). The molecule has 0 unspecified atom stereocenters. The monoisotopic (exact) mass is 241 g/mol. The number of halogens is 2. The van der Waals surface area contributed by atoms with Crippen LogP contribution in [0.25, 0.3) is 11.3 Å². The molecule has 0 radical (unpaired) electrons. The zero-order valence-electron chi connectivity index (χ0n) is 8.01. The fourth-order valence-electron chi connectivity index (χ4n) is 1.30. The van der Waals surface area contributed by atoms with Gasteiger partial charge in [-0.3, -0.25) is 5.10 Å². The second-order valence-electron chi connectivity index (χ2n) is 3.04. The molecule has 3 nitrogen and oxygen atoms in total. The number of hydrogen-bond donors (Lipinski definition) is 2. The van der Waals surface area contributed by atoms with Crippen LogP contribution in [-0.4, -0.2) is 17.2 Å². The Morgan fingerprint density at radius 2 is 2.07 bits per heavy atom. The van der Waals surface area contributed by atoms with Crippen LogP contribution in [0.5, 0.6) is 0 Å². The molecule has 1 aromatic heterocycles. The van der Waals surface area contributed by atoms with Gasteiger partial charge in [-0.05, 0) is 18.2 Å². The molecule has 0 aliphatic rings. The van der Waals surface area contributed by atoms with E-state index < -0.39 is 0 Å². The number of aromatic nitrogens is 2. The normalized spacial score (nSPS) is 10.3. The minimum absolute atomic E-state index is 0.605. The van der Waals surface area contributed by atoms with E-state index in [-0.39, 0.29) is 0 Å². The molecule has 2 aromatic rings. The maximum absolute atomic E-state index is 6.06. The van der Waals surface area contributed by atoms with Crippen LogP contribution < -0.4 is 5.32 Å². The van der Waals surface area contributed by atoms with Crippen molar-refractivity contribution in [1.29, 1.82) is 0 Å². The van der Waals surface area contributed by atoms with Gasteiger partial charge in [-0.1, -0.05) is 23.2 Å². The summed E-state index contributed by atoms with van der Waals surface area (Å²) in [6.07, 6.45) is 0. The van der Waals surface area contributed by atoms with Gasteiger partial charge in [0.15, 0.2) is 0 Å². The molecule has 15 heavy (non-hydrogen) atoms. The van der Waals surface area contributed by atoms with E-state index in [0.717, 1.165) is 17.1 Å². The molecule has 0 amide bonds. The van der Waals surface area contributed by atoms with Crippen molar-refractivity contribution in [1.82, 2.24) is 10.2 Å². The fourth-order valence-corrected chi connectivity index (χ4v) is 1.81. The molecule has 0 saturated heterocycles. The summed E-state index contributed by atoms with van der Waals surface area (Å²) in [6, 6.07) is 7.24. The largest absolute Gasteiger partial charge is 0.372 e. The molecule has 0 aliphatic carbocycles. The van der Waals surface area contributed by atoms with Crippen LogP contribution in [0, 0.1) is 0 Å². The lowest BCUT2D eigenvalue weighted by molar-refractivity contribution is 1.09. The highest BCUT2D eigenvalue weighted by atomic mass is 35.5. The van der Waals surface area contributed by atoms with Crippen LogP contribution in [0.4, 0.5) is 5.82 Å². The molecule has 0 saturated carbocycles. The number of rotatable bonds is 2. The van der Waals surface area contributed by atoms with Gasteiger partial charge in [-0.15, -0.1) is 0 Å². The van der Waals surface area contributed by atoms with Crippen molar-refractivity contribution in [2.45, 2.75) is 0 Å². The maximum atomic E-state index is 6.06. The molecule has 1 aromatic carbocycles. The van der Waals surface area contributed by atoms with Gasteiger partial charge in [0.1, 0.15) is 5.82 Å². The predicted octanol–water partition coefficient (Wildman–Crippen LogP) is 3.43. The lowest BCUT2D eigenvalue weighted by Gasteiger charge is -2.00. The van der Waals surface area contributed by atoms with E-state index in [0.29, 0.717) is 10.0 Å². The second kappa shape index (κ2) is 4.13. The molecule has 78 valence electrons. The topological polar surface area (TPSA) is 40.7 Å². The number of hydrogen-bond acceptors (Lipinski definition) is 2. The van der Waals surface area contributed by atoms with Crippen molar-refractivity contribution in [3.05, 3.63) is 34.3 Å². The zero-order chi connectivity index (χ0) is 10.8. The van der Waals surface area contributed by atoms with Crippen molar-refractivity contribution in [3.8, 4) is 11.3 Å². The second-order valence-corrected chi connectivity index (χ2v) is 3.88. The number of aromatic amines is 1. The third-order valence-electron chi connectivity index (χ3n) is 2.06. The van der Waals surface area contributed by atoms with E-state index in [1.807, 2.05) is 19.2 Å². The average Bonchev–Trinajstić information content (AvgIpc) is 2.66. The highest BCUT2D eigenvalue weighted by molar-refractivity contribution is 6.36. The predicted molar refractivity (Wildman–Crippen MR) is 63.6 cm³/mol. The van der Waals surface area contributed by atoms with E-state index in [2.05, 4.69) is 15.5 Å². The smallest absolute Gasteiger partial charge is 0.148 e. The van der Waals surface area contributed by atoms with E-state index in [4.69, 9.17) is 23.2 Å². The van der Waals surface area contributed by atoms with Gasteiger partial charge >= 0.3 is 0 Å². The first-order chi connectivity index (χ1) is 7.20. The summed E-state index contributed by atoms with van der Waals surface area (Å²) in [5.74, 6) is 0.774. The Hall–Kier alpha value is -1.19. The number of nitrogens with one attached hydrogen (secondary N) is 2. The Morgan fingerprint density at radius 1 is 1.27 bits per heavy atom. The third-order valence-corrected chi connectivity index (χ3v) is 2.60. The summed E-state index contributed by atoms with van der Waals surface area (Å²) in [5.41, 5.74) is 1.75. The van der Waals surface area contributed by atoms with Crippen molar-refractivity contribution >= 4 is 29.0 Å². The van der Waals surface area contributed by atoms with Crippen molar-refractivity contribution < 1.29 is 0 Å². The SMILES string of the molecule is CNc1cc(-c2ccc(Cl)cc2Cl)[nH]n1. The van der Waals surface area contributed by atoms with Gasteiger partial charge in [-0.25, -0.2) is 0 Å². The average molecular weight is 242 g/mol. The van der Waals surface area contributed by atoms with E-state index in [1.54, 1.807) is 12.1 Å². The van der Waals surface area contributed by atoms with E-state index >= 15 is 0 Å². The molecule has 5 heteroatoms. The number of benzene rings is 1. The van der Waals surface area contributed by atoms with Crippen LogP contribution in [0.2, 0.25) is 10.0 Å². The van der Waals surface area contributed by atoms with Crippen molar-refractivity contribution in [3.63, 3.8) is 0 Å². The minimum atomic E-state index is 0.605. The van der Waals surface area contributed by atoms with Gasteiger partial charge in [-0.2, -0.15) is 5.10 Å². The molecular formula is C10H9Cl2N3. The first kappa shape index (κ1) is 10.3. The Labute approximate surface area is 97.4 Å². The van der Waals surface area contributed by atoms with Gasteiger partial charge in [0.25, 0.3) is 0 Å². The summed E-state index contributed by atoms with van der Waals surface area (Å²) in [5, 5.41) is 11.1. The first-order valence-corrected chi connectivity index (χ1v) is 5.15. The molecule has 0 bridgehead atoms.